The molecule has 1 atom stereocenters. The van der Waals surface area contributed by atoms with Gasteiger partial charge in [0.15, 0.2) is 0 Å². The maximum Gasteiger partial charge on any atom is 0.227 e. The summed E-state index contributed by atoms with van der Waals surface area (Å²) in [5.41, 5.74) is 2.57. The van der Waals surface area contributed by atoms with E-state index in [1.54, 1.807) is 0 Å². The van der Waals surface area contributed by atoms with Crippen LogP contribution < -0.4 is 0 Å². The average molecular weight is 408 g/mol. The van der Waals surface area contributed by atoms with E-state index in [4.69, 9.17) is 0 Å². The number of aromatic nitrogens is 2. The van der Waals surface area contributed by atoms with Crippen LogP contribution in [0.15, 0.2) is 42.9 Å². The van der Waals surface area contributed by atoms with E-state index in [0.717, 1.165) is 65.2 Å². The molecule has 5 heterocycles. The number of nitrogens with zero attached hydrogens (tertiary/aromatic N) is 5. The topological polar surface area (TPSA) is 44.6 Å². The third kappa shape index (κ3) is 4.30. The Hall–Kier alpha value is -2.18. The molecule has 0 aliphatic carbocycles. The number of hydrogen-bond acceptors (Lipinski definition) is 4. The first kappa shape index (κ1) is 19.8. The van der Waals surface area contributed by atoms with Crippen molar-refractivity contribution >= 4 is 5.91 Å². The van der Waals surface area contributed by atoms with E-state index in [0.29, 0.717) is 11.9 Å². The Bertz CT molecular complexity index is 842. The van der Waals surface area contributed by atoms with Gasteiger partial charge in [0.2, 0.25) is 5.91 Å². The van der Waals surface area contributed by atoms with Crippen molar-refractivity contribution in [2.45, 2.75) is 51.4 Å². The monoisotopic (exact) mass is 407 g/mol. The zero-order valence-electron chi connectivity index (χ0n) is 17.8. The van der Waals surface area contributed by atoms with Gasteiger partial charge in [0.1, 0.15) is 0 Å². The fraction of sp³-hybridized carbons (Fsp3) is 0.583. The number of rotatable bonds is 4. The normalized spacial score (nSPS) is 24.0. The molecule has 0 radical (unpaired) electrons. The van der Waals surface area contributed by atoms with Crippen molar-refractivity contribution in [2.75, 3.05) is 32.7 Å². The van der Waals surface area contributed by atoms with Gasteiger partial charge in [-0.15, -0.1) is 0 Å². The van der Waals surface area contributed by atoms with E-state index in [1.165, 1.54) is 24.1 Å². The zero-order valence-corrected chi connectivity index (χ0v) is 17.8. The zero-order chi connectivity index (χ0) is 20.3. The molecule has 5 rings (SSSR count). The molecule has 2 aromatic heterocycles. The molecule has 0 aromatic carbocycles. The SMILES string of the molecule is O=C([C@@H]1CCCN(C2CCN(Cc3cccnc3)CC2)C1)N1CCn2cccc2C1. The summed E-state index contributed by atoms with van der Waals surface area (Å²) in [6, 6.07) is 9.05. The molecule has 0 bridgehead atoms. The van der Waals surface area contributed by atoms with Crippen LogP contribution in [0.4, 0.5) is 0 Å². The highest BCUT2D eigenvalue weighted by Crippen LogP contribution is 2.27. The van der Waals surface area contributed by atoms with Gasteiger partial charge < -0.3 is 9.47 Å². The van der Waals surface area contributed by atoms with Crippen molar-refractivity contribution in [3.8, 4) is 0 Å². The van der Waals surface area contributed by atoms with Crippen LogP contribution in [-0.4, -0.2) is 68.9 Å². The summed E-state index contributed by atoms with van der Waals surface area (Å²) in [6.45, 7) is 7.93. The van der Waals surface area contributed by atoms with Crippen LogP contribution in [0, 0.1) is 5.92 Å². The molecule has 3 aliphatic heterocycles. The maximum absolute atomic E-state index is 13.2. The van der Waals surface area contributed by atoms with E-state index >= 15 is 0 Å². The summed E-state index contributed by atoms with van der Waals surface area (Å²) >= 11 is 0. The molecule has 2 saturated heterocycles. The van der Waals surface area contributed by atoms with Crippen LogP contribution in [-0.2, 0) is 24.4 Å². The van der Waals surface area contributed by atoms with E-state index in [9.17, 15) is 4.79 Å². The highest BCUT2D eigenvalue weighted by atomic mass is 16.2. The minimum atomic E-state index is 0.175. The van der Waals surface area contributed by atoms with Crippen LogP contribution in [0.1, 0.15) is 36.9 Å². The third-order valence-corrected chi connectivity index (χ3v) is 7.20. The predicted octanol–water partition coefficient (Wildman–Crippen LogP) is 2.60. The van der Waals surface area contributed by atoms with Crippen LogP contribution >= 0.6 is 0 Å². The van der Waals surface area contributed by atoms with Gasteiger partial charge in [0.25, 0.3) is 0 Å². The van der Waals surface area contributed by atoms with Crippen LogP contribution in [0.3, 0.4) is 0 Å². The molecule has 0 spiro atoms. The van der Waals surface area contributed by atoms with Crippen LogP contribution in [0.2, 0.25) is 0 Å². The minimum Gasteiger partial charge on any atom is -0.348 e. The predicted molar refractivity (Wildman–Crippen MR) is 117 cm³/mol. The summed E-state index contributed by atoms with van der Waals surface area (Å²) in [5.74, 6) is 0.551. The number of carbonyl (C=O) groups is 1. The Morgan fingerprint density at radius 3 is 2.77 bits per heavy atom. The van der Waals surface area contributed by atoms with E-state index in [2.05, 4.69) is 48.6 Å². The molecule has 0 saturated carbocycles. The Morgan fingerprint density at radius 1 is 1.03 bits per heavy atom. The van der Waals surface area contributed by atoms with Crippen LogP contribution in [0.5, 0.6) is 0 Å². The highest BCUT2D eigenvalue weighted by Gasteiger charge is 2.34. The number of pyridine rings is 1. The molecule has 0 unspecified atom stereocenters. The Balaban J connectivity index is 1.13. The fourth-order valence-electron chi connectivity index (χ4n) is 5.49. The largest absolute Gasteiger partial charge is 0.348 e. The molecule has 30 heavy (non-hydrogen) atoms. The van der Waals surface area contributed by atoms with Gasteiger partial charge in [-0.05, 0) is 69.1 Å². The maximum atomic E-state index is 13.2. The highest BCUT2D eigenvalue weighted by molar-refractivity contribution is 5.79. The van der Waals surface area contributed by atoms with Crippen molar-refractivity contribution in [1.29, 1.82) is 0 Å². The number of amides is 1. The van der Waals surface area contributed by atoms with E-state index < -0.39 is 0 Å². The van der Waals surface area contributed by atoms with E-state index in [1.807, 2.05) is 18.5 Å². The quantitative estimate of drug-likeness (QED) is 0.782. The van der Waals surface area contributed by atoms with Gasteiger partial charge >= 0.3 is 0 Å². The summed E-state index contributed by atoms with van der Waals surface area (Å²) in [7, 11) is 0. The van der Waals surface area contributed by atoms with E-state index in [-0.39, 0.29) is 5.92 Å². The molecule has 3 aliphatic rings. The Morgan fingerprint density at radius 2 is 1.93 bits per heavy atom. The van der Waals surface area contributed by atoms with Crippen molar-refractivity contribution in [3.63, 3.8) is 0 Å². The lowest BCUT2D eigenvalue weighted by atomic mass is 9.92. The van der Waals surface area contributed by atoms with Gasteiger partial charge in [0.05, 0.1) is 12.5 Å². The van der Waals surface area contributed by atoms with Gasteiger partial charge in [-0.1, -0.05) is 6.07 Å². The van der Waals surface area contributed by atoms with Crippen molar-refractivity contribution in [3.05, 3.63) is 54.1 Å². The molecule has 1 amide bonds. The molecule has 2 fully saturated rings. The smallest absolute Gasteiger partial charge is 0.227 e. The van der Waals surface area contributed by atoms with Crippen LogP contribution in [0.25, 0.3) is 0 Å². The van der Waals surface area contributed by atoms with Crippen molar-refractivity contribution in [1.82, 2.24) is 24.3 Å². The average Bonchev–Trinajstić information content (AvgIpc) is 3.28. The summed E-state index contributed by atoms with van der Waals surface area (Å²) in [5, 5.41) is 0. The van der Waals surface area contributed by atoms with Crippen molar-refractivity contribution in [2.24, 2.45) is 5.92 Å². The molecule has 0 N–H and O–H groups in total. The standard InChI is InChI=1S/C24H33N5O/c30-24(29-15-14-27-10-3-6-23(27)19-29)21-5-2-11-28(18-21)22-7-12-26(13-8-22)17-20-4-1-9-25-16-20/h1,3-4,6,9-10,16,21-22H,2,5,7-8,11-15,17-19H2/t21-/m1/s1. The molecule has 2 aromatic rings. The summed E-state index contributed by atoms with van der Waals surface area (Å²) in [4.78, 5) is 24.8. The Labute approximate surface area is 179 Å². The fourth-order valence-corrected chi connectivity index (χ4v) is 5.49. The number of likely N-dealkylation sites (tertiary alicyclic amines) is 2. The molecular formula is C24H33N5O. The molecule has 6 nitrogen and oxygen atoms in total. The first-order valence-electron chi connectivity index (χ1n) is 11.5. The number of carbonyl (C=O) groups excluding carboxylic acids is 1. The Kier molecular flexibility index (Phi) is 5.86. The summed E-state index contributed by atoms with van der Waals surface area (Å²) in [6.07, 6.45) is 10.6. The minimum absolute atomic E-state index is 0.175. The molecule has 6 heteroatoms. The first-order chi connectivity index (χ1) is 14.8. The second-order valence-corrected chi connectivity index (χ2v) is 9.16. The molecular weight excluding hydrogens is 374 g/mol. The number of piperidine rings is 2. The van der Waals surface area contributed by atoms with Crippen molar-refractivity contribution < 1.29 is 4.79 Å². The lowest BCUT2D eigenvalue weighted by molar-refractivity contribution is -0.139. The first-order valence-corrected chi connectivity index (χ1v) is 11.5. The van der Waals surface area contributed by atoms with Gasteiger partial charge in [-0.25, -0.2) is 0 Å². The second kappa shape index (κ2) is 8.90. The van der Waals surface area contributed by atoms with Gasteiger partial charge in [-0.2, -0.15) is 0 Å². The lowest BCUT2D eigenvalue weighted by Gasteiger charge is -2.43. The molecule has 160 valence electrons. The number of hydrogen-bond donors (Lipinski definition) is 0. The third-order valence-electron chi connectivity index (χ3n) is 7.20. The second-order valence-electron chi connectivity index (χ2n) is 9.16. The van der Waals surface area contributed by atoms with Gasteiger partial charge in [0, 0.05) is 56.5 Å². The number of fused-ring (bicyclic) bond motifs is 1. The lowest BCUT2D eigenvalue weighted by Crippen LogP contribution is -2.51. The van der Waals surface area contributed by atoms with Gasteiger partial charge in [-0.3, -0.25) is 19.6 Å². The summed E-state index contributed by atoms with van der Waals surface area (Å²) < 4.78 is 2.27.